The number of aliphatic hydroxyl groups excluding tert-OH is 1. The average molecular weight is 467 g/mol. The van der Waals surface area contributed by atoms with Crippen LogP contribution in [0.25, 0.3) is 0 Å². The number of carboxylic acids is 1. The Morgan fingerprint density at radius 2 is 1.84 bits per heavy atom. The van der Waals surface area contributed by atoms with E-state index in [1.165, 1.54) is 6.92 Å². The van der Waals surface area contributed by atoms with Crippen LogP contribution in [0.2, 0.25) is 0 Å². The van der Waals surface area contributed by atoms with Gasteiger partial charge in [0, 0.05) is 18.7 Å². The van der Waals surface area contributed by atoms with Crippen molar-refractivity contribution in [2.24, 2.45) is 5.73 Å². The number of benzene rings is 1. The van der Waals surface area contributed by atoms with Crippen LogP contribution >= 0.6 is 12.6 Å². The minimum absolute atomic E-state index is 0.0752. The van der Waals surface area contributed by atoms with Crippen molar-refractivity contribution in [2.75, 3.05) is 12.3 Å². The van der Waals surface area contributed by atoms with Crippen molar-refractivity contribution in [3.63, 3.8) is 0 Å². The molecule has 32 heavy (non-hydrogen) atoms. The lowest BCUT2D eigenvalue weighted by atomic mass is 10.0. The number of aliphatic carboxylic acids is 1. The van der Waals surface area contributed by atoms with Gasteiger partial charge in [0.1, 0.15) is 18.1 Å². The molecular weight excluding hydrogens is 436 g/mol. The van der Waals surface area contributed by atoms with Crippen molar-refractivity contribution in [1.82, 2.24) is 15.5 Å². The molecule has 0 bridgehead atoms. The molecule has 11 heteroatoms. The highest BCUT2D eigenvalue weighted by molar-refractivity contribution is 7.80. The average Bonchev–Trinajstić information content (AvgIpc) is 3.26. The summed E-state index contributed by atoms with van der Waals surface area (Å²) in [6.07, 6.45) is -0.345. The number of aliphatic hydroxyl groups is 1. The van der Waals surface area contributed by atoms with Crippen LogP contribution in [0.3, 0.4) is 0 Å². The Morgan fingerprint density at radius 1 is 1.19 bits per heavy atom. The minimum Gasteiger partial charge on any atom is -0.480 e. The third-order valence-electron chi connectivity index (χ3n) is 5.32. The number of rotatable bonds is 10. The van der Waals surface area contributed by atoms with Crippen LogP contribution in [0.1, 0.15) is 25.3 Å². The van der Waals surface area contributed by atoms with E-state index < -0.39 is 54.0 Å². The first-order valence-corrected chi connectivity index (χ1v) is 11.0. The number of carbonyl (C=O) groups is 4. The van der Waals surface area contributed by atoms with E-state index >= 15 is 0 Å². The van der Waals surface area contributed by atoms with Gasteiger partial charge in [-0.25, -0.2) is 4.79 Å². The standard InChI is InChI=1S/C21H30N4O6S/c1-12(26)17(20(29)25-9-5-8-16(25)21(30)31)24-19(28)15(23-18(27)14(22)11-32)10-13-6-3-2-4-7-13/h2-4,6-7,12,14-17,26,32H,5,8-11,22H2,1H3,(H,23,27)(H,24,28)(H,30,31). The lowest BCUT2D eigenvalue weighted by molar-refractivity contribution is -0.150. The molecular formula is C21H30N4O6S. The molecule has 1 aliphatic heterocycles. The van der Waals surface area contributed by atoms with Crippen molar-refractivity contribution < 1.29 is 29.4 Å². The number of nitrogens with one attached hydrogen (secondary N) is 2. The fourth-order valence-corrected chi connectivity index (χ4v) is 3.69. The lowest BCUT2D eigenvalue weighted by Crippen LogP contribution is -2.60. The van der Waals surface area contributed by atoms with E-state index in [4.69, 9.17) is 5.73 Å². The monoisotopic (exact) mass is 466 g/mol. The van der Waals surface area contributed by atoms with Crippen molar-refractivity contribution >= 4 is 36.3 Å². The fraction of sp³-hybridized carbons (Fsp3) is 0.524. The van der Waals surface area contributed by atoms with Crippen LogP contribution < -0.4 is 16.4 Å². The highest BCUT2D eigenvalue weighted by Gasteiger charge is 2.40. The second-order valence-corrected chi connectivity index (χ2v) is 8.16. The van der Waals surface area contributed by atoms with Crippen LogP contribution in [0, 0.1) is 0 Å². The topological polar surface area (TPSA) is 162 Å². The molecule has 1 fully saturated rings. The number of thiol groups is 1. The summed E-state index contributed by atoms with van der Waals surface area (Å²) in [5, 5.41) is 24.6. The number of carboxylic acid groups (broad SMARTS) is 1. The van der Waals surface area contributed by atoms with E-state index in [-0.39, 0.29) is 18.7 Å². The van der Waals surface area contributed by atoms with Gasteiger partial charge in [0.15, 0.2) is 0 Å². The van der Waals surface area contributed by atoms with Crippen LogP contribution in [0.5, 0.6) is 0 Å². The van der Waals surface area contributed by atoms with Crippen molar-refractivity contribution in [1.29, 1.82) is 0 Å². The number of hydrogen-bond donors (Lipinski definition) is 6. The summed E-state index contributed by atoms with van der Waals surface area (Å²) < 4.78 is 0. The molecule has 1 heterocycles. The molecule has 1 aromatic rings. The SMILES string of the molecule is CC(O)C(NC(=O)C(Cc1ccccc1)NC(=O)C(N)CS)C(=O)N1CCCC1C(=O)O. The van der Waals surface area contributed by atoms with E-state index in [0.717, 1.165) is 10.5 Å². The molecule has 6 N–H and O–H groups in total. The molecule has 1 saturated heterocycles. The van der Waals surface area contributed by atoms with Gasteiger partial charge in [0.2, 0.25) is 17.7 Å². The highest BCUT2D eigenvalue weighted by Crippen LogP contribution is 2.19. The van der Waals surface area contributed by atoms with E-state index in [9.17, 15) is 29.4 Å². The zero-order chi connectivity index (χ0) is 23.8. The third kappa shape index (κ3) is 6.68. The summed E-state index contributed by atoms with van der Waals surface area (Å²) in [7, 11) is 0. The summed E-state index contributed by atoms with van der Waals surface area (Å²) in [5.74, 6) is -3.02. The summed E-state index contributed by atoms with van der Waals surface area (Å²) in [6, 6.07) is 4.57. The highest BCUT2D eigenvalue weighted by atomic mass is 32.1. The zero-order valence-corrected chi connectivity index (χ0v) is 18.7. The Hall–Kier alpha value is -2.63. The second-order valence-electron chi connectivity index (χ2n) is 7.79. The molecule has 5 unspecified atom stereocenters. The quantitative estimate of drug-likeness (QED) is 0.239. The van der Waals surface area contributed by atoms with Gasteiger partial charge < -0.3 is 31.5 Å². The lowest BCUT2D eigenvalue weighted by Gasteiger charge is -2.30. The molecule has 176 valence electrons. The molecule has 0 saturated carbocycles. The van der Waals surface area contributed by atoms with Gasteiger partial charge >= 0.3 is 5.97 Å². The van der Waals surface area contributed by atoms with Gasteiger partial charge in [-0.1, -0.05) is 30.3 Å². The Labute approximate surface area is 191 Å². The van der Waals surface area contributed by atoms with Crippen LogP contribution in [-0.2, 0) is 25.6 Å². The summed E-state index contributed by atoms with van der Waals surface area (Å²) in [6.45, 7) is 1.55. The Morgan fingerprint density at radius 3 is 2.41 bits per heavy atom. The van der Waals surface area contributed by atoms with Crippen LogP contribution in [-0.4, -0.2) is 81.4 Å². The third-order valence-corrected chi connectivity index (χ3v) is 5.71. The molecule has 1 aliphatic rings. The maximum atomic E-state index is 13.1. The largest absolute Gasteiger partial charge is 0.480 e. The van der Waals surface area contributed by atoms with E-state index in [0.29, 0.717) is 12.8 Å². The molecule has 10 nitrogen and oxygen atoms in total. The number of hydrogen-bond acceptors (Lipinski definition) is 7. The van der Waals surface area contributed by atoms with Gasteiger partial charge in [0.05, 0.1) is 12.1 Å². The van der Waals surface area contributed by atoms with E-state index in [1.54, 1.807) is 24.3 Å². The Bertz CT molecular complexity index is 822. The van der Waals surface area contributed by atoms with Crippen LogP contribution in [0.4, 0.5) is 0 Å². The first-order chi connectivity index (χ1) is 15.1. The fourth-order valence-electron chi connectivity index (χ4n) is 3.53. The van der Waals surface area contributed by atoms with E-state index in [2.05, 4.69) is 23.3 Å². The molecule has 0 aromatic heterocycles. The molecule has 5 atom stereocenters. The van der Waals surface area contributed by atoms with Gasteiger partial charge in [-0.2, -0.15) is 12.6 Å². The predicted octanol–water partition coefficient (Wildman–Crippen LogP) is -1.09. The summed E-state index contributed by atoms with van der Waals surface area (Å²) in [5.41, 5.74) is 6.47. The van der Waals surface area contributed by atoms with Crippen molar-refractivity contribution in [3.05, 3.63) is 35.9 Å². The zero-order valence-electron chi connectivity index (χ0n) is 17.8. The smallest absolute Gasteiger partial charge is 0.326 e. The van der Waals surface area contributed by atoms with Crippen molar-refractivity contribution in [2.45, 2.75) is 56.5 Å². The minimum atomic E-state index is -1.36. The Kier molecular flexibility index (Phi) is 9.48. The molecule has 0 aliphatic carbocycles. The van der Waals surface area contributed by atoms with Gasteiger partial charge in [-0.05, 0) is 25.3 Å². The summed E-state index contributed by atoms with van der Waals surface area (Å²) >= 11 is 3.99. The molecule has 3 amide bonds. The van der Waals surface area contributed by atoms with Gasteiger partial charge in [0.25, 0.3) is 0 Å². The molecule has 1 aromatic carbocycles. The second kappa shape index (κ2) is 11.8. The van der Waals surface area contributed by atoms with Gasteiger partial charge in [-0.3, -0.25) is 14.4 Å². The summed E-state index contributed by atoms with van der Waals surface area (Å²) in [4.78, 5) is 50.9. The van der Waals surface area contributed by atoms with Crippen molar-refractivity contribution in [3.8, 4) is 0 Å². The first kappa shape index (κ1) is 25.6. The molecule has 2 rings (SSSR count). The van der Waals surface area contributed by atoms with E-state index in [1.807, 2.05) is 6.07 Å². The number of carbonyl (C=O) groups excluding carboxylic acids is 3. The normalized spacial score (nSPS) is 19.5. The number of nitrogens with zero attached hydrogens (tertiary/aromatic N) is 1. The predicted molar refractivity (Wildman–Crippen MR) is 120 cm³/mol. The maximum absolute atomic E-state index is 13.1. The van der Waals surface area contributed by atoms with Crippen LogP contribution in [0.15, 0.2) is 30.3 Å². The maximum Gasteiger partial charge on any atom is 0.326 e. The molecule has 0 radical (unpaired) electrons. The number of amides is 3. The number of likely N-dealkylation sites (tertiary alicyclic amines) is 1. The Balaban J connectivity index is 2.20. The molecule has 0 spiro atoms. The first-order valence-electron chi connectivity index (χ1n) is 10.4. The van der Waals surface area contributed by atoms with Gasteiger partial charge in [-0.15, -0.1) is 0 Å². The number of nitrogens with two attached hydrogens (primary N) is 1.